The van der Waals surface area contributed by atoms with Crippen molar-refractivity contribution in [1.29, 1.82) is 0 Å². The number of hydrogen-bond acceptors (Lipinski definition) is 4. The van der Waals surface area contributed by atoms with Gasteiger partial charge in [0.1, 0.15) is 0 Å². The van der Waals surface area contributed by atoms with Crippen molar-refractivity contribution >= 4 is 53.4 Å². The first-order chi connectivity index (χ1) is 21.3. The van der Waals surface area contributed by atoms with Gasteiger partial charge in [0.15, 0.2) is 11.6 Å². The molecular weight excluding hydrogens is 547 g/mol. The van der Waals surface area contributed by atoms with Crippen LogP contribution in [0.15, 0.2) is 140 Å². The Hall–Kier alpha value is -5.59. The lowest BCUT2D eigenvalue weighted by atomic mass is 10.1. The van der Waals surface area contributed by atoms with Crippen molar-refractivity contribution in [2.75, 3.05) is 0 Å². The Morgan fingerprint density at radius 3 is 1.95 bits per heavy atom. The molecule has 0 aliphatic carbocycles. The fraction of sp³-hybridized carbons (Fsp3) is 0. The molecule has 4 aromatic heterocycles. The van der Waals surface area contributed by atoms with Crippen LogP contribution in [0.25, 0.3) is 76.3 Å². The van der Waals surface area contributed by atoms with E-state index in [1.807, 2.05) is 60.0 Å². The molecule has 0 atom stereocenters. The van der Waals surface area contributed by atoms with E-state index in [0.717, 1.165) is 50.6 Å². The highest BCUT2D eigenvalue weighted by molar-refractivity contribution is 7.26. The summed E-state index contributed by atoms with van der Waals surface area (Å²) < 4.78 is 7.06. The van der Waals surface area contributed by atoms with Crippen molar-refractivity contribution in [3.05, 3.63) is 140 Å². The smallest absolute Gasteiger partial charge is 0.168 e. The van der Waals surface area contributed by atoms with Crippen molar-refractivity contribution in [2.45, 2.75) is 0 Å². The van der Waals surface area contributed by atoms with Gasteiger partial charge in [-0.2, -0.15) is 0 Å². The van der Waals surface area contributed by atoms with Crippen LogP contribution in [0, 0.1) is 0 Å². The second-order valence-corrected chi connectivity index (χ2v) is 11.7. The summed E-state index contributed by atoms with van der Waals surface area (Å²) in [4.78, 5) is 4.83. The van der Waals surface area contributed by atoms with E-state index in [2.05, 4.69) is 105 Å². The normalized spacial score (nSPS) is 11.7. The highest BCUT2D eigenvalue weighted by atomic mass is 32.1. The van der Waals surface area contributed by atoms with Gasteiger partial charge in [-0.05, 0) is 66.7 Å². The van der Waals surface area contributed by atoms with Crippen molar-refractivity contribution in [1.82, 2.24) is 24.3 Å². The second kappa shape index (κ2) is 9.48. The molecule has 0 amide bonds. The van der Waals surface area contributed by atoms with E-state index in [1.165, 1.54) is 25.7 Å². The van der Waals surface area contributed by atoms with Gasteiger partial charge in [0.05, 0.1) is 16.6 Å². The van der Waals surface area contributed by atoms with E-state index in [1.54, 1.807) is 0 Å². The van der Waals surface area contributed by atoms with E-state index < -0.39 is 0 Å². The maximum atomic E-state index is 4.83. The largest absolute Gasteiger partial charge is 0.307 e. The quantitative estimate of drug-likeness (QED) is 0.212. The summed E-state index contributed by atoms with van der Waals surface area (Å²) in [5, 5.41) is 13.1. The predicted octanol–water partition coefficient (Wildman–Crippen LogP) is 9.46. The number of benzene rings is 5. The third kappa shape index (κ3) is 3.67. The fourth-order valence-corrected chi connectivity index (χ4v) is 7.33. The lowest BCUT2D eigenvalue weighted by Crippen LogP contribution is -2.00. The molecule has 0 saturated heterocycles. The highest BCUT2D eigenvalue weighted by Crippen LogP contribution is 2.42. The Morgan fingerprint density at radius 2 is 1.16 bits per heavy atom. The standard InChI is InChI=1S/C37H23N5S/c1-3-10-24(11-4-1)36-39-40-37(42(36)26-12-5-2-6-13-26)25-17-19-27(20-18-25)41-30-15-9-23-38-34(30)29-21-22-32-33(35(29)41)28-14-7-8-16-31(28)43-32/h1-23H. The monoisotopic (exact) mass is 569 g/mol. The molecule has 0 saturated carbocycles. The van der Waals surface area contributed by atoms with Gasteiger partial charge in [-0.1, -0.05) is 66.7 Å². The van der Waals surface area contributed by atoms with E-state index in [0.29, 0.717) is 0 Å². The van der Waals surface area contributed by atoms with E-state index in [9.17, 15) is 0 Å². The first-order valence-electron chi connectivity index (χ1n) is 14.2. The van der Waals surface area contributed by atoms with Crippen LogP contribution in [0.5, 0.6) is 0 Å². The van der Waals surface area contributed by atoms with E-state index in [-0.39, 0.29) is 0 Å². The summed E-state index contributed by atoms with van der Waals surface area (Å²) in [6, 6.07) is 46.5. The van der Waals surface area contributed by atoms with Gasteiger partial charge in [0.2, 0.25) is 0 Å². The third-order valence-corrected chi connectivity index (χ3v) is 9.25. The predicted molar refractivity (Wildman–Crippen MR) is 177 cm³/mol. The zero-order chi connectivity index (χ0) is 28.3. The molecule has 202 valence electrons. The first-order valence-corrected chi connectivity index (χ1v) is 15.0. The summed E-state index contributed by atoms with van der Waals surface area (Å²) >= 11 is 1.84. The first kappa shape index (κ1) is 24.1. The van der Waals surface area contributed by atoms with Crippen LogP contribution in [0.4, 0.5) is 0 Å². The molecule has 0 radical (unpaired) electrons. The van der Waals surface area contributed by atoms with Gasteiger partial charge in [0.25, 0.3) is 0 Å². The van der Waals surface area contributed by atoms with Crippen molar-refractivity contribution in [3.63, 3.8) is 0 Å². The van der Waals surface area contributed by atoms with Gasteiger partial charge in [-0.3, -0.25) is 9.55 Å². The fourth-order valence-electron chi connectivity index (χ4n) is 6.22. The number of fused-ring (bicyclic) bond motifs is 7. The maximum absolute atomic E-state index is 4.83. The van der Waals surface area contributed by atoms with E-state index >= 15 is 0 Å². The summed E-state index contributed by atoms with van der Waals surface area (Å²) in [6.45, 7) is 0. The molecule has 9 aromatic rings. The molecule has 0 aliphatic heterocycles. The number of nitrogens with zero attached hydrogens (tertiary/aromatic N) is 5. The van der Waals surface area contributed by atoms with E-state index in [4.69, 9.17) is 10.1 Å². The summed E-state index contributed by atoms with van der Waals surface area (Å²) in [5.41, 5.74) is 7.40. The van der Waals surface area contributed by atoms with Gasteiger partial charge >= 0.3 is 0 Å². The Bertz CT molecular complexity index is 2440. The number of hydrogen-bond donors (Lipinski definition) is 0. The van der Waals surface area contributed by atoms with Gasteiger partial charge in [-0.15, -0.1) is 21.5 Å². The molecule has 0 fully saturated rings. The van der Waals surface area contributed by atoms with Gasteiger partial charge in [0, 0.05) is 54.3 Å². The summed E-state index contributed by atoms with van der Waals surface area (Å²) in [6.07, 6.45) is 1.88. The topological polar surface area (TPSA) is 48.5 Å². The van der Waals surface area contributed by atoms with Crippen LogP contribution in [0.1, 0.15) is 0 Å². The van der Waals surface area contributed by atoms with Gasteiger partial charge < -0.3 is 4.57 Å². The number of aromatic nitrogens is 5. The van der Waals surface area contributed by atoms with Crippen molar-refractivity contribution in [3.8, 4) is 34.2 Å². The minimum atomic E-state index is 0.798. The number of para-hydroxylation sites is 1. The molecule has 0 N–H and O–H groups in total. The zero-order valence-electron chi connectivity index (χ0n) is 22.9. The van der Waals surface area contributed by atoms with Crippen LogP contribution in [0.3, 0.4) is 0 Å². The molecule has 4 heterocycles. The van der Waals surface area contributed by atoms with Crippen LogP contribution >= 0.6 is 11.3 Å². The lowest BCUT2D eigenvalue weighted by Gasteiger charge is -2.12. The van der Waals surface area contributed by atoms with Crippen LogP contribution in [-0.4, -0.2) is 24.3 Å². The average Bonchev–Trinajstić information content (AvgIpc) is 3.78. The molecular formula is C37H23N5S. The molecule has 0 spiro atoms. The molecule has 0 bridgehead atoms. The number of pyridine rings is 1. The second-order valence-electron chi connectivity index (χ2n) is 10.6. The molecule has 43 heavy (non-hydrogen) atoms. The van der Waals surface area contributed by atoms with Crippen molar-refractivity contribution in [2.24, 2.45) is 0 Å². The minimum Gasteiger partial charge on any atom is -0.307 e. The summed E-state index contributed by atoms with van der Waals surface area (Å²) in [5.74, 6) is 1.61. The zero-order valence-corrected chi connectivity index (χ0v) is 23.7. The Morgan fingerprint density at radius 1 is 0.488 bits per heavy atom. The SMILES string of the molecule is c1ccc(-c2nnc(-c3ccc(-n4c5cccnc5c5ccc6sc7ccccc7c6c54)cc3)n2-c2ccccc2)cc1. The molecule has 5 aromatic carbocycles. The minimum absolute atomic E-state index is 0.798. The highest BCUT2D eigenvalue weighted by Gasteiger charge is 2.20. The Balaban J connectivity index is 1.27. The molecule has 6 heteroatoms. The molecule has 9 rings (SSSR count). The van der Waals surface area contributed by atoms with Gasteiger partial charge in [-0.25, -0.2) is 0 Å². The Kier molecular flexibility index (Phi) is 5.30. The van der Waals surface area contributed by atoms with Crippen LogP contribution < -0.4 is 0 Å². The average molecular weight is 570 g/mol. The summed E-state index contributed by atoms with van der Waals surface area (Å²) in [7, 11) is 0. The van der Waals surface area contributed by atoms with Crippen LogP contribution in [-0.2, 0) is 0 Å². The van der Waals surface area contributed by atoms with Crippen molar-refractivity contribution < 1.29 is 0 Å². The Labute approximate surface area is 250 Å². The lowest BCUT2D eigenvalue weighted by molar-refractivity contribution is 1.07. The molecule has 0 aliphatic rings. The number of thiophene rings is 1. The third-order valence-electron chi connectivity index (χ3n) is 8.12. The van der Waals surface area contributed by atoms with Crippen LogP contribution in [0.2, 0.25) is 0 Å². The number of rotatable bonds is 4. The molecule has 5 nitrogen and oxygen atoms in total. The molecule has 0 unspecified atom stereocenters. The maximum Gasteiger partial charge on any atom is 0.168 e.